The Bertz CT molecular complexity index is 817. The Hall–Kier alpha value is -2.39. The van der Waals surface area contributed by atoms with Crippen LogP contribution in [0.25, 0.3) is 0 Å². The number of hydrogen-bond donors (Lipinski definition) is 1. The lowest BCUT2D eigenvalue weighted by atomic mass is 10.1. The molecular weight excluding hydrogens is 348 g/mol. The topological polar surface area (TPSA) is 83.1 Å². The molecule has 0 saturated carbocycles. The van der Waals surface area contributed by atoms with Crippen LogP contribution in [0.3, 0.4) is 0 Å². The smallest absolute Gasteiger partial charge is 0.341 e. The molecule has 1 aromatic carbocycles. The van der Waals surface area contributed by atoms with Crippen molar-refractivity contribution >= 4 is 21.9 Å². The van der Waals surface area contributed by atoms with E-state index in [1.54, 1.807) is 23.6 Å². The summed E-state index contributed by atoms with van der Waals surface area (Å²) in [6, 6.07) is 9.27. The van der Waals surface area contributed by atoms with Gasteiger partial charge in [-0.15, -0.1) is 0 Å². The van der Waals surface area contributed by atoms with Crippen LogP contribution in [0, 0.1) is 18.3 Å². The first-order valence-electron chi connectivity index (χ1n) is 6.56. The molecular formula is C16H13BrN2O3. The number of pyridine rings is 1. The fourth-order valence-electron chi connectivity index (χ4n) is 2.10. The highest BCUT2D eigenvalue weighted by Crippen LogP contribution is 2.14. The molecule has 1 aromatic heterocycles. The first-order valence-corrected chi connectivity index (χ1v) is 7.35. The molecule has 1 N–H and O–H groups in total. The third-order valence-electron chi connectivity index (χ3n) is 3.43. The predicted octanol–water partition coefficient (Wildman–Crippen LogP) is 2.73. The predicted molar refractivity (Wildman–Crippen MR) is 85.0 cm³/mol. The van der Waals surface area contributed by atoms with Gasteiger partial charge in [-0.25, -0.2) is 4.79 Å². The molecule has 2 aromatic rings. The Labute approximate surface area is 135 Å². The van der Waals surface area contributed by atoms with Crippen LogP contribution in [0.4, 0.5) is 0 Å². The van der Waals surface area contributed by atoms with Crippen molar-refractivity contribution in [1.82, 2.24) is 4.57 Å². The Balaban J connectivity index is 2.27. The first-order chi connectivity index (χ1) is 10.4. The summed E-state index contributed by atoms with van der Waals surface area (Å²) in [6.07, 6.45) is 2.04. The van der Waals surface area contributed by atoms with Gasteiger partial charge in [0.25, 0.3) is 0 Å². The number of aromatic nitrogens is 1. The number of carboxylic acid groups (broad SMARTS) is 1. The molecule has 0 atom stereocenters. The second kappa shape index (κ2) is 6.58. The number of carbonyl (C=O) groups is 1. The van der Waals surface area contributed by atoms with Crippen LogP contribution in [0.5, 0.6) is 0 Å². The van der Waals surface area contributed by atoms with E-state index in [0.29, 0.717) is 24.2 Å². The van der Waals surface area contributed by atoms with Gasteiger partial charge in [0, 0.05) is 18.4 Å². The highest BCUT2D eigenvalue weighted by molar-refractivity contribution is 9.10. The van der Waals surface area contributed by atoms with Gasteiger partial charge in [0.2, 0.25) is 5.43 Å². The average molecular weight is 361 g/mol. The van der Waals surface area contributed by atoms with Crippen LogP contribution in [0.2, 0.25) is 0 Å². The van der Waals surface area contributed by atoms with Crippen molar-refractivity contribution in [3.8, 4) is 6.07 Å². The first kappa shape index (κ1) is 16.0. The summed E-state index contributed by atoms with van der Waals surface area (Å²) in [5.74, 6) is -1.24. The Morgan fingerprint density at radius 1 is 1.36 bits per heavy atom. The zero-order valence-electron chi connectivity index (χ0n) is 11.8. The fourth-order valence-corrected chi connectivity index (χ4v) is 2.54. The van der Waals surface area contributed by atoms with E-state index >= 15 is 0 Å². The minimum atomic E-state index is -1.24. The van der Waals surface area contributed by atoms with Crippen LogP contribution in [0.15, 0.2) is 39.7 Å². The van der Waals surface area contributed by atoms with Gasteiger partial charge in [0.05, 0.1) is 16.1 Å². The van der Waals surface area contributed by atoms with E-state index in [-0.39, 0.29) is 10.0 Å². The maximum Gasteiger partial charge on any atom is 0.341 e. The molecule has 0 aliphatic rings. The fraction of sp³-hybridized carbons (Fsp3) is 0.188. The second-order valence-corrected chi connectivity index (χ2v) is 5.62. The van der Waals surface area contributed by atoms with Gasteiger partial charge in [-0.3, -0.25) is 4.79 Å². The maximum absolute atomic E-state index is 11.9. The Kier molecular flexibility index (Phi) is 4.78. The van der Waals surface area contributed by atoms with E-state index in [1.165, 1.54) is 6.20 Å². The van der Waals surface area contributed by atoms with E-state index < -0.39 is 11.4 Å². The molecule has 5 nitrogen and oxygen atoms in total. The number of carboxylic acids is 1. The van der Waals surface area contributed by atoms with Crippen LogP contribution in [-0.4, -0.2) is 15.6 Å². The van der Waals surface area contributed by atoms with Gasteiger partial charge in [0.1, 0.15) is 5.56 Å². The van der Waals surface area contributed by atoms with Gasteiger partial charge in [-0.2, -0.15) is 5.26 Å². The van der Waals surface area contributed by atoms with Gasteiger partial charge < -0.3 is 9.67 Å². The molecule has 0 fully saturated rings. The summed E-state index contributed by atoms with van der Waals surface area (Å²) >= 11 is 3.16. The van der Waals surface area contributed by atoms with E-state index in [0.717, 1.165) is 5.56 Å². The molecule has 0 spiro atoms. The Morgan fingerprint density at radius 3 is 2.55 bits per heavy atom. The van der Waals surface area contributed by atoms with Crippen LogP contribution in [-0.2, 0) is 13.0 Å². The van der Waals surface area contributed by atoms with Gasteiger partial charge in [-0.1, -0.05) is 12.1 Å². The number of rotatable bonds is 4. The standard InChI is InChI=1S/C16H13BrN2O3/c1-10-14(17)15(20)13(16(21)22)9-19(10)7-6-11-2-4-12(8-18)5-3-11/h2-5,9H,6-7H2,1H3,(H,21,22). The number of halogens is 1. The lowest BCUT2D eigenvalue weighted by Crippen LogP contribution is -2.21. The zero-order valence-corrected chi connectivity index (χ0v) is 13.4. The normalized spacial score (nSPS) is 10.2. The molecule has 0 bridgehead atoms. The van der Waals surface area contributed by atoms with Crippen molar-refractivity contribution in [2.75, 3.05) is 0 Å². The molecule has 0 unspecified atom stereocenters. The molecule has 2 rings (SSSR count). The van der Waals surface area contributed by atoms with Crippen molar-refractivity contribution in [2.45, 2.75) is 19.9 Å². The lowest BCUT2D eigenvalue weighted by molar-refractivity contribution is 0.0694. The molecule has 112 valence electrons. The van der Waals surface area contributed by atoms with E-state index in [4.69, 9.17) is 10.4 Å². The summed E-state index contributed by atoms with van der Waals surface area (Å²) < 4.78 is 2.01. The number of nitriles is 1. The Morgan fingerprint density at radius 2 is 2.00 bits per heavy atom. The summed E-state index contributed by atoms with van der Waals surface area (Å²) in [5, 5.41) is 17.9. The average Bonchev–Trinajstić information content (AvgIpc) is 2.52. The van der Waals surface area contributed by atoms with Gasteiger partial charge >= 0.3 is 5.97 Å². The maximum atomic E-state index is 11.9. The molecule has 0 radical (unpaired) electrons. The highest BCUT2D eigenvalue weighted by atomic mass is 79.9. The zero-order chi connectivity index (χ0) is 16.3. The third-order valence-corrected chi connectivity index (χ3v) is 4.37. The minimum absolute atomic E-state index is 0.252. The summed E-state index contributed by atoms with van der Waals surface area (Å²) in [4.78, 5) is 23.0. The van der Waals surface area contributed by atoms with E-state index in [2.05, 4.69) is 22.0 Å². The number of aryl methyl sites for hydroxylation is 2. The molecule has 0 aliphatic carbocycles. The van der Waals surface area contributed by atoms with Crippen LogP contribution in [0.1, 0.15) is 27.2 Å². The SMILES string of the molecule is Cc1c(Br)c(=O)c(C(=O)O)cn1CCc1ccc(C#N)cc1. The lowest BCUT2D eigenvalue weighted by Gasteiger charge is -2.13. The highest BCUT2D eigenvalue weighted by Gasteiger charge is 2.15. The van der Waals surface area contributed by atoms with Crippen molar-refractivity contribution in [1.29, 1.82) is 5.26 Å². The number of benzene rings is 1. The molecule has 0 aliphatic heterocycles. The van der Waals surface area contributed by atoms with E-state index in [1.807, 2.05) is 12.1 Å². The monoisotopic (exact) mass is 360 g/mol. The quantitative estimate of drug-likeness (QED) is 0.908. The summed E-state index contributed by atoms with van der Waals surface area (Å²) in [6.45, 7) is 2.30. The summed E-state index contributed by atoms with van der Waals surface area (Å²) in [5.41, 5.74) is 1.55. The van der Waals surface area contributed by atoms with Crippen molar-refractivity contribution in [2.24, 2.45) is 0 Å². The molecule has 22 heavy (non-hydrogen) atoms. The number of aromatic carboxylic acids is 1. The van der Waals surface area contributed by atoms with Crippen molar-refractivity contribution in [3.63, 3.8) is 0 Å². The van der Waals surface area contributed by atoms with Crippen LogP contribution >= 0.6 is 15.9 Å². The van der Waals surface area contributed by atoms with Gasteiger partial charge in [0.15, 0.2) is 0 Å². The summed E-state index contributed by atoms with van der Waals surface area (Å²) in [7, 11) is 0. The largest absolute Gasteiger partial charge is 0.477 e. The van der Waals surface area contributed by atoms with E-state index in [9.17, 15) is 9.59 Å². The number of nitrogens with zero attached hydrogens (tertiary/aromatic N) is 2. The molecule has 1 heterocycles. The van der Waals surface area contributed by atoms with Crippen molar-refractivity contribution in [3.05, 3.63) is 67.5 Å². The number of hydrogen-bond acceptors (Lipinski definition) is 3. The molecule has 0 saturated heterocycles. The minimum Gasteiger partial charge on any atom is -0.477 e. The van der Waals surface area contributed by atoms with Crippen molar-refractivity contribution < 1.29 is 9.90 Å². The third kappa shape index (κ3) is 3.26. The van der Waals surface area contributed by atoms with Gasteiger partial charge in [-0.05, 0) is 47.0 Å². The van der Waals surface area contributed by atoms with Crippen LogP contribution < -0.4 is 5.43 Å². The molecule has 6 heteroatoms. The molecule has 0 amide bonds. The second-order valence-electron chi connectivity index (χ2n) is 4.83.